The lowest BCUT2D eigenvalue weighted by molar-refractivity contribution is -0.132. The zero-order chi connectivity index (χ0) is 24.4. The molecule has 5 nitrogen and oxygen atoms in total. The second-order valence-corrected chi connectivity index (χ2v) is 8.33. The number of aliphatic hydroxyl groups excluding tert-OH is 1. The van der Waals surface area contributed by atoms with Crippen LogP contribution in [0.25, 0.3) is 5.76 Å². The normalized spacial score (nSPS) is 17.3. The van der Waals surface area contributed by atoms with Crippen molar-refractivity contribution in [1.82, 2.24) is 0 Å². The Balaban J connectivity index is 1.88. The maximum absolute atomic E-state index is 15.0. The fourth-order valence-corrected chi connectivity index (χ4v) is 4.05. The first-order valence-electron chi connectivity index (χ1n) is 11.2. The van der Waals surface area contributed by atoms with Gasteiger partial charge in [0.15, 0.2) is 0 Å². The number of carbonyl (C=O) groups is 2. The molecule has 6 heteroatoms. The summed E-state index contributed by atoms with van der Waals surface area (Å²) < 4.78 is 20.5. The lowest BCUT2D eigenvalue weighted by atomic mass is 9.94. The number of Topliss-reactive ketones (excluding diaryl/α,β-unsaturated/α-hetero) is 1. The summed E-state index contributed by atoms with van der Waals surface area (Å²) in [6.07, 6.45) is 0.853. The van der Waals surface area contributed by atoms with Crippen LogP contribution in [0.15, 0.2) is 72.3 Å². The third-order valence-corrected chi connectivity index (χ3v) is 6.01. The number of rotatable bonds is 6. The number of anilines is 1. The first-order valence-corrected chi connectivity index (χ1v) is 11.2. The quantitative estimate of drug-likeness (QED) is 0.285. The molecular formula is C28H26FNO4. The van der Waals surface area contributed by atoms with Gasteiger partial charge in [-0.1, -0.05) is 31.2 Å². The van der Waals surface area contributed by atoms with Crippen LogP contribution < -0.4 is 9.64 Å². The smallest absolute Gasteiger partial charge is 0.300 e. The zero-order valence-corrected chi connectivity index (χ0v) is 19.3. The summed E-state index contributed by atoms with van der Waals surface area (Å²) in [5.74, 6) is -1.99. The molecule has 4 rings (SSSR count). The Labute approximate surface area is 198 Å². The SMILES string of the molecule is CCCOc1ccc(/C(O)=C2\C(=O)C(=O)N(c3ccc(C)c(C)c3)C2c2ccccc2F)cc1. The van der Waals surface area contributed by atoms with E-state index in [9.17, 15) is 19.1 Å². The minimum absolute atomic E-state index is 0.129. The lowest BCUT2D eigenvalue weighted by Crippen LogP contribution is -2.30. The van der Waals surface area contributed by atoms with Gasteiger partial charge < -0.3 is 9.84 Å². The molecule has 0 bridgehead atoms. The highest BCUT2D eigenvalue weighted by molar-refractivity contribution is 6.51. The van der Waals surface area contributed by atoms with E-state index in [2.05, 4.69) is 0 Å². The molecule has 1 atom stereocenters. The average Bonchev–Trinajstić information content (AvgIpc) is 3.10. The second kappa shape index (κ2) is 9.51. The molecule has 1 amide bonds. The molecule has 1 saturated heterocycles. The first kappa shape index (κ1) is 23.2. The minimum Gasteiger partial charge on any atom is -0.507 e. The average molecular weight is 460 g/mol. The fraction of sp³-hybridized carbons (Fsp3) is 0.214. The van der Waals surface area contributed by atoms with Gasteiger partial charge in [-0.15, -0.1) is 0 Å². The molecule has 1 heterocycles. The predicted molar refractivity (Wildman–Crippen MR) is 129 cm³/mol. The van der Waals surface area contributed by atoms with Crippen molar-refractivity contribution in [2.75, 3.05) is 11.5 Å². The van der Waals surface area contributed by atoms with E-state index in [1.165, 1.54) is 23.1 Å². The van der Waals surface area contributed by atoms with Gasteiger partial charge in [-0.2, -0.15) is 0 Å². The number of amides is 1. The van der Waals surface area contributed by atoms with Crippen molar-refractivity contribution in [3.05, 3.63) is 100 Å². The number of hydrogen-bond acceptors (Lipinski definition) is 4. The Morgan fingerprint density at radius 3 is 2.35 bits per heavy atom. The van der Waals surface area contributed by atoms with Crippen LogP contribution in [0, 0.1) is 19.7 Å². The highest BCUT2D eigenvalue weighted by atomic mass is 19.1. The number of aliphatic hydroxyl groups is 1. The van der Waals surface area contributed by atoms with Crippen molar-refractivity contribution in [3.63, 3.8) is 0 Å². The van der Waals surface area contributed by atoms with Crippen molar-refractivity contribution in [2.24, 2.45) is 0 Å². The van der Waals surface area contributed by atoms with E-state index in [4.69, 9.17) is 4.74 Å². The molecule has 0 saturated carbocycles. The van der Waals surface area contributed by atoms with Gasteiger partial charge in [0, 0.05) is 16.8 Å². The Bertz CT molecular complexity index is 1280. The predicted octanol–water partition coefficient (Wildman–Crippen LogP) is 5.86. The van der Waals surface area contributed by atoms with Gasteiger partial charge in [-0.05, 0) is 73.9 Å². The summed E-state index contributed by atoms with van der Waals surface area (Å²) in [6, 6.07) is 16.8. The van der Waals surface area contributed by atoms with Crippen molar-refractivity contribution in [2.45, 2.75) is 33.2 Å². The van der Waals surface area contributed by atoms with Crippen molar-refractivity contribution >= 4 is 23.1 Å². The molecule has 1 aliphatic rings. The third kappa shape index (κ3) is 4.19. The maximum atomic E-state index is 15.0. The maximum Gasteiger partial charge on any atom is 0.300 e. The number of hydrogen-bond donors (Lipinski definition) is 1. The Hall–Kier alpha value is -3.93. The van der Waals surface area contributed by atoms with Crippen LogP contribution in [0.3, 0.4) is 0 Å². The largest absolute Gasteiger partial charge is 0.507 e. The Morgan fingerprint density at radius 1 is 1.00 bits per heavy atom. The van der Waals surface area contributed by atoms with Crippen LogP contribution in [0.4, 0.5) is 10.1 Å². The summed E-state index contributed by atoms with van der Waals surface area (Å²) in [5, 5.41) is 11.2. The molecule has 3 aromatic carbocycles. The van der Waals surface area contributed by atoms with Gasteiger partial charge in [0.2, 0.25) is 0 Å². The number of ketones is 1. The molecule has 1 N–H and O–H groups in total. The van der Waals surface area contributed by atoms with Gasteiger partial charge in [0.05, 0.1) is 18.2 Å². The summed E-state index contributed by atoms with van der Waals surface area (Å²) in [6.45, 7) is 6.39. The molecule has 34 heavy (non-hydrogen) atoms. The Morgan fingerprint density at radius 2 is 1.71 bits per heavy atom. The molecule has 3 aromatic rings. The lowest BCUT2D eigenvalue weighted by Gasteiger charge is -2.26. The monoisotopic (exact) mass is 459 g/mol. The van der Waals surface area contributed by atoms with Crippen LogP contribution in [0.1, 0.15) is 41.6 Å². The molecule has 0 aromatic heterocycles. The number of carbonyl (C=O) groups excluding carboxylic acids is 2. The molecule has 0 spiro atoms. The summed E-state index contributed by atoms with van der Waals surface area (Å²) in [7, 11) is 0. The molecule has 0 aliphatic carbocycles. The van der Waals surface area contributed by atoms with Crippen LogP contribution in [-0.2, 0) is 9.59 Å². The topological polar surface area (TPSA) is 66.8 Å². The number of nitrogens with zero attached hydrogens (tertiary/aromatic N) is 1. The van der Waals surface area contributed by atoms with Crippen molar-refractivity contribution < 1.29 is 23.8 Å². The highest BCUT2D eigenvalue weighted by Gasteiger charge is 2.47. The molecule has 1 aliphatic heterocycles. The summed E-state index contributed by atoms with van der Waals surface area (Å²) in [4.78, 5) is 27.7. The van der Waals surface area contributed by atoms with Crippen molar-refractivity contribution in [3.8, 4) is 5.75 Å². The molecule has 1 fully saturated rings. The van der Waals surface area contributed by atoms with E-state index >= 15 is 0 Å². The van der Waals surface area contributed by atoms with Gasteiger partial charge in [0.1, 0.15) is 17.3 Å². The van der Waals surface area contributed by atoms with Crippen molar-refractivity contribution in [1.29, 1.82) is 0 Å². The highest BCUT2D eigenvalue weighted by Crippen LogP contribution is 2.43. The van der Waals surface area contributed by atoms with E-state index in [0.717, 1.165) is 17.5 Å². The van der Waals surface area contributed by atoms with E-state index in [1.807, 2.05) is 26.8 Å². The van der Waals surface area contributed by atoms with Crippen LogP contribution >= 0.6 is 0 Å². The molecule has 1 unspecified atom stereocenters. The number of aryl methyl sites for hydroxylation is 2. The Kier molecular flexibility index (Phi) is 6.50. The molecule has 174 valence electrons. The van der Waals surface area contributed by atoms with E-state index in [1.54, 1.807) is 42.5 Å². The second-order valence-electron chi connectivity index (χ2n) is 8.33. The zero-order valence-electron chi connectivity index (χ0n) is 19.3. The first-order chi connectivity index (χ1) is 16.3. The van der Waals surface area contributed by atoms with Crippen LogP contribution in [0.2, 0.25) is 0 Å². The van der Waals surface area contributed by atoms with E-state index in [0.29, 0.717) is 23.6 Å². The molecular weight excluding hydrogens is 433 g/mol. The number of ether oxygens (including phenoxy) is 1. The summed E-state index contributed by atoms with van der Waals surface area (Å²) >= 11 is 0. The third-order valence-electron chi connectivity index (χ3n) is 6.01. The van der Waals surface area contributed by atoms with Gasteiger partial charge in [-0.25, -0.2) is 4.39 Å². The van der Waals surface area contributed by atoms with E-state index in [-0.39, 0.29) is 16.9 Å². The minimum atomic E-state index is -1.11. The van der Waals surface area contributed by atoms with Crippen LogP contribution in [0.5, 0.6) is 5.75 Å². The van der Waals surface area contributed by atoms with E-state index < -0.39 is 23.5 Å². The van der Waals surface area contributed by atoms with Gasteiger partial charge in [0.25, 0.3) is 11.7 Å². The number of benzene rings is 3. The van der Waals surface area contributed by atoms with Crippen LogP contribution in [-0.4, -0.2) is 23.4 Å². The molecule has 0 radical (unpaired) electrons. The van der Waals surface area contributed by atoms with Gasteiger partial charge in [-0.3, -0.25) is 14.5 Å². The van der Waals surface area contributed by atoms with Gasteiger partial charge >= 0.3 is 0 Å². The standard InChI is InChI=1S/C28H26FNO4/c1-4-15-34-21-13-10-19(11-14-21)26(31)24-25(22-7-5-6-8-23(22)29)30(28(33)27(24)32)20-12-9-17(2)18(3)16-20/h5-14,16,25,31H,4,15H2,1-3H3/b26-24+. The fourth-order valence-electron chi connectivity index (χ4n) is 4.05. The number of halogens is 1. The summed E-state index contributed by atoms with van der Waals surface area (Å²) in [5.41, 5.74) is 2.71.